The molecule has 7 heteroatoms. The fraction of sp³-hybridized carbons (Fsp3) is 0.588. The van der Waals surface area contributed by atoms with Gasteiger partial charge in [0.1, 0.15) is 0 Å². The van der Waals surface area contributed by atoms with Crippen molar-refractivity contribution in [1.29, 1.82) is 0 Å². The molecule has 1 aliphatic rings. The second-order valence-corrected chi connectivity index (χ2v) is 7.59. The molecular formula is C17H25N3O4. The standard InChI is InChI=1S/C17H25N3O4/c1-16(2,3)17(4)12-18(9-10-19(17)15(21)22)11-13-5-7-14(8-6-13)20(23)24/h5-8H,9-12H2,1-4H3,(H,21,22)/t17-/m0/s1. The van der Waals surface area contributed by atoms with Crippen molar-refractivity contribution in [2.75, 3.05) is 19.6 Å². The van der Waals surface area contributed by atoms with Crippen LogP contribution < -0.4 is 0 Å². The number of carboxylic acid groups (broad SMARTS) is 1. The summed E-state index contributed by atoms with van der Waals surface area (Å²) in [5, 5.41) is 20.3. The summed E-state index contributed by atoms with van der Waals surface area (Å²) < 4.78 is 0. The van der Waals surface area contributed by atoms with Gasteiger partial charge in [0.25, 0.3) is 5.69 Å². The number of amides is 1. The topological polar surface area (TPSA) is 86.9 Å². The van der Waals surface area contributed by atoms with Gasteiger partial charge >= 0.3 is 6.09 Å². The van der Waals surface area contributed by atoms with Gasteiger partial charge in [-0.25, -0.2) is 4.79 Å². The lowest BCUT2D eigenvalue weighted by Gasteiger charge is -2.54. The molecule has 0 aromatic heterocycles. The zero-order valence-corrected chi connectivity index (χ0v) is 14.7. The number of nitro groups is 1. The predicted molar refractivity (Wildman–Crippen MR) is 91.0 cm³/mol. The largest absolute Gasteiger partial charge is 0.465 e. The Morgan fingerprint density at radius 3 is 2.33 bits per heavy atom. The van der Waals surface area contributed by atoms with E-state index in [-0.39, 0.29) is 11.1 Å². The summed E-state index contributed by atoms with van der Waals surface area (Å²) in [5.41, 5.74) is 0.354. The zero-order chi connectivity index (χ0) is 18.1. The lowest BCUT2D eigenvalue weighted by atomic mass is 9.72. The lowest BCUT2D eigenvalue weighted by molar-refractivity contribution is -0.384. The molecular weight excluding hydrogens is 310 g/mol. The molecule has 24 heavy (non-hydrogen) atoms. The van der Waals surface area contributed by atoms with Crippen molar-refractivity contribution in [3.63, 3.8) is 0 Å². The molecule has 0 aliphatic carbocycles. The van der Waals surface area contributed by atoms with E-state index >= 15 is 0 Å². The van der Waals surface area contributed by atoms with Crippen molar-refractivity contribution < 1.29 is 14.8 Å². The highest BCUT2D eigenvalue weighted by Gasteiger charge is 2.48. The Labute approximate surface area is 142 Å². The summed E-state index contributed by atoms with van der Waals surface area (Å²) in [7, 11) is 0. The Bertz CT molecular complexity index is 624. The molecule has 0 bridgehead atoms. The number of piperazine rings is 1. The third kappa shape index (κ3) is 3.51. The Morgan fingerprint density at radius 2 is 1.88 bits per heavy atom. The van der Waals surface area contributed by atoms with Crippen LogP contribution in [0.15, 0.2) is 24.3 Å². The van der Waals surface area contributed by atoms with E-state index in [0.29, 0.717) is 26.2 Å². The predicted octanol–water partition coefficient (Wildman–Crippen LogP) is 3.20. The van der Waals surface area contributed by atoms with Crippen LogP contribution in [0.3, 0.4) is 0 Å². The summed E-state index contributed by atoms with van der Waals surface area (Å²) in [6.45, 7) is 10.5. The number of hydrogen-bond acceptors (Lipinski definition) is 4. The van der Waals surface area contributed by atoms with Gasteiger partial charge in [-0.15, -0.1) is 0 Å². The van der Waals surface area contributed by atoms with Crippen molar-refractivity contribution in [2.45, 2.75) is 39.8 Å². The number of hydrogen-bond donors (Lipinski definition) is 1. The van der Waals surface area contributed by atoms with E-state index in [9.17, 15) is 20.0 Å². The Kier molecular flexibility index (Phi) is 4.85. The number of rotatable bonds is 3. The molecule has 1 N–H and O–H groups in total. The average Bonchev–Trinajstić information content (AvgIpc) is 2.46. The molecule has 0 unspecified atom stereocenters. The van der Waals surface area contributed by atoms with Gasteiger partial charge in [-0.3, -0.25) is 19.9 Å². The maximum absolute atomic E-state index is 11.6. The molecule has 7 nitrogen and oxygen atoms in total. The SMILES string of the molecule is CC(C)(C)[C@]1(C)CN(Cc2ccc([N+](=O)[O-])cc2)CCN1C(=O)O. The highest BCUT2D eigenvalue weighted by atomic mass is 16.6. The van der Waals surface area contributed by atoms with Crippen LogP contribution in [0.1, 0.15) is 33.3 Å². The zero-order valence-electron chi connectivity index (χ0n) is 14.7. The Morgan fingerprint density at radius 1 is 1.29 bits per heavy atom. The number of benzene rings is 1. The van der Waals surface area contributed by atoms with Crippen LogP contribution in [0.25, 0.3) is 0 Å². The van der Waals surface area contributed by atoms with Gasteiger partial charge in [0.2, 0.25) is 0 Å². The molecule has 1 fully saturated rings. The van der Waals surface area contributed by atoms with Gasteiger partial charge in [-0.1, -0.05) is 32.9 Å². The first-order valence-electron chi connectivity index (χ1n) is 8.01. The minimum atomic E-state index is -0.887. The summed E-state index contributed by atoms with van der Waals surface area (Å²) >= 11 is 0. The van der Waals surface area contributed by atoms with Gasteiger partial charge in [0.05, 0.1) is 10.5 Å². The molecule has 1 aromatic carbocycles. The highest BCUT2D eigenvalue weighted by Crippen LogP contribution is 2.38. The van der Waals surface area contributed by atoms with Crippen LogP contribution in [0.5, 0.6) is 0 Å². The molecule has 132 valence electrons. The first-order valence-corrected chi connectivity index (χ1v) is 8.01. The van der Waals surface area contributed by atoms with Crippen LogP contribution in [-0.2, 0) is 6.54 Å². The molecule has 1 aliphatic heterocycles. The summed E-state index contributed by atoms with van der Waals surface area (Å²) in [4.78, 5) is 25.7. The molecule has 1 heterocycles. The minimum absolute atomic E-state index is 0.0778. The van der Waals surface area contributed by atoms with Crippen molar-refractivity contribution in [3.8, 4) is 0 Å². The van der Waals surface area contributed by atoms with E-state index < -0.39 is 16.6 Å². The van der Waals surface area contributed by atoms with Gasteiger partial charge in [-0.05, 0) is 17.9 Å². The average molecular weight is 335 g/mol. The first kappa shape index (κ1) is 18.2. The number of non-ortho nitro benzene ring substituents is 1. The van der Waals surface area contributed by atoms with Crippen LogP contribution in [-0.4, -0.2) is 51.1 Å². The number of carbonyl (C=O) groups is 1. The molecule has 1 atom stereocenters. The molecule has 0 spiro atoms. The monoisotopic (exact) mass is 335 g/mol. The van der Waals surface area contributed by atoms with Gasteiger partial charge in [0.15, 0.2) is 0 Å². The quantitative estimate of drug-likeness (QED) is 0.677. The van der Waals surface area contributed by atoms with Crippen LogP contribution in [0.4, 0.5) is 10.5 Å². The van der Waals surface area contributed by atoms with E-state index in [4.69, 9.17) is 0 Å². The fourth-order valence-corrected chi connectivity index (χ4v) is 3.15. The van der Waals surface area contributed by atoms with Crippen LogP contribution >= 0.6 is 0 Å². The summed E-state index contributed by atoms with van der Waals surface area (Å²) in [6, 6.07) is 6.53. The lowest BCUT2D eigenvalue weighted by Crippen LogP contribution is -2.67. The third-order valence-corrected chi connectivity index (χ3v) is 5.17. The van der Waals surface area contributed by atoms with E-state index in [1.165, 1.54) is 12.1 Å². The number of nitrogens with zero attached hydrogens (tertiary/aromatic N) is 3. The summed E-state index contributed by atoms with van der Waals surface area (Å²) in [6.07, 6.45) is -0.887. The van der Waals surface area contributed by atoms with Crippen molar-refractivity contribution in [2.24, 2.45) is 5.41 Å². The molecule has 1 amide bonds. The minimum Gasteiger partial charge on any atom is -0.465 e. The maximum atomic E-state index is 11.6. The van der Waals surface area contributed by atoms with Crippen molar-refractivity contribution >= 4 is 11.8 Å². The molecule has 0 saturated carbocycles. The Hall–Kier alpha value is -2.15. The van der Waals surface area contributed by atoms with Crippen LogP contribution in [0, 0.1) is 15.5 Å². The van der Waals surface area contributed by atoms with E-state index in [1.807, 2.05) is 6.92 Å². The van der Waals surface area contributed by atoms with Crippen LogP contribution in [0.2, 0.25) is 0 Å². The second kappa shape index (κ2) is 6.39. The van der Waals surface area contributed by atoms with Gasteiger partial charge in [0, 0.05) is 38.3 Å². The highest BCUT2D eigenvalue weighted by molar-refractivity contribution is 5.66. The molecule has 1 saturated heterocycles. The van der Waals surface area contributed by atoms with Gasteiger partial charge < -0.3 is 5.11 Å². The number of nitro benzene ring substituents is 1. The molecule has 0 radical (unpaired) electrons. The van der Waals surface area contributed by atoms with Crippen molar-refractivity contribution in [1.82, 2.24) is 9.80 Å². The molecule has 2 rings (SSSR count). The molecule has 1 aromatic rings. The smallest absolute Gasteiger partial charge is 0.407 e. The first-order chi connectivity index (χ1) is 11.0. The summed E-state index contributed by atoms with van der Waals surface area (Å²) in [5.74, 6) is 0. The second-order valence-electron chi connectivity index (χ2n) is 7.59. The third-order valence-electron chi connectivity index (χ3n) is 5.17. The van der Waals surface area contributed by atoms with E-state index in [2.05, 4.69) is 25.7 Å². The Balaban J connectivity index is 2.16. The maximum Gasteiger partial charge on any atom is 0.407 e. The fourth-order valence-electron chi connectivity index (χ4n) is 3.15. The van der Waals surface area contributed by atoms with Crippen molar-refractivity contribution in [3.05, 3.63) is 39.9 Å². The normalized spacial score (nSPS) is 22.4. The van der Waals surface area contributed by atoms with Gasteiger partial charge in [-0.2, -0.15) is 0 Å². The van der Waals surface area contributed by atoms with E-state index in [1.54, 1.807) is 17.0 Å². The van der Waals surface area contributed by atoms with E-state index in [0.717, 1.165) is 5.56 Å².